The van der Waals surface area contributed by atoms with Crippen LogP contribution in [0.4, 0.5) is 0 Å². The Morgan fingerprint density at radius 1 is 1.67 bits per heavy atom. The van der Waals surface area contributed by atoms with Gasteiger partial charge >= 0.3 is 5.69 Å². The zero-order valence-corrected chi connectivity index (χ0v) is 8.57. The van der Waals surface area contributed by atoms with Crippen LogP contribution >= 0.6 is 11.8 Å². The van der Waals surface area contributed by atoms with Crippen molar-refractivity contribution < 1.29 is 9.84 Å². The molecule has 6 nitrogen and oxygen atoms in total. The number of H-pyrrole nitrogens is 1. The summed E-state index contributed by atoms with van der Waals surface area (Å²) in [5, 5.41) is 8.85. The summed E-state index contributed by atoms with van der Waals surface area (Å²) in [6.45, 7) is -0.0841. The molecule has 0 spiro atoms. The van der Waals surface area contributed by atoms with Crippen LogP contribution in [0.2, 0.25) is 0 Å². The van der Waals surface area contributed by atoms with Gasteiger partial charge in [-0.15, -0.1) is 11.8 Å². The van der Waals surface area contributed by atoms with E-state index in [0.29, 0.717) is 5.75 Å². The molecule has 1 saturated heterocycles. The standard InChI is InChI=1S/C8H10N2O4S/c11-3-7-14-6(4-15-7)10-2-1-5(12)9-8(10)13/h1-2,6-7,11H,3-4H2,(H,9,12,13)/t6-,7-/m1/s1. The monoisotopic (exact) mass is 230 g/mol. The molecule has 1 aliphatic heterocycles. The third-order valence-corrected chi connectivity index (χ3v) is 3.15. The quantitative estimate of drug-likeness (QED) is 0.689. The van der Waals surface area contributed by atoms with E-state index < -0.39 is 17.5 Å². The Bertz CT molecular complexity index is 454. The average Bonchev–Trinajstić information content (AvgIpc) is 2.66. The fourth-order valence-electron chi connectivity index (χ4n) is 1.34. The van der Waals surface area contributed by atoms with Crippen molar-refractivity contribution in [2.24, 2.45) is 0 Å². The van der Waals surface area contributed by atoms with Crippen LogP contribution in [0, 0.1) is 0 Å². The Morgan fingerprint density at radius 3 is 3.07 bits per heavy atom. The molecule has 2 atom stereocenters. The number of aromatic amines is 1. The van der Waals surface area contributed by atoms with Crippen molar-refractivity contribution in [1.29, 1.82) is 0 Å². The summed E-state index contributed by atoms with van der Waals surface area (Å²) in [5.41, 5.74) is -1.22. The first-order chi connectivity index (χ1) is 7.20. The van der Waals surface area contributed by atoms with E-state index in [1.807, 2.05) is 0 Å². The number of rotatable bonds is 2. The Balaban J connectivity index is 2.24. The maximum Gasteiger partial charge on any atom is 0.330 e. The summed E-state index contributed by atoms with van der Waals surface area (Å²) in [6, 6.07) is 1.27. The minimum Gasteiger partial charge on any atom is -0.393 e. The number of aliphatic hydroxyl groups excluding tert-OH is 1. The number of thioether (sulfide) groups is 1. The lowest BCUT2D eigenvalue weighted by Crippen LogP contribution is -2.32. The predicted molar refractivity (Wildman–Crippen MR) is 54.8 cm³/mol. The van der Waals surface area contributed by atoms with Gasteiger partial charge in [-0.25, -0.2) is 4.79 Å². The van der Waals surface area contributed by atoms with E-state index in [2.05, 4.69) is 4.98 Å². The van der Waals surface area contributed by atoms with E-state index in [0.717, 1.165) is 0 Å². The highest BCUT2D eigenvalue weighted by Gasteiger charge is 2.27. The molecule has 0 radical (unpaired) electrons. The summed E-state index contributed by atoms with van der Waals surface area (Å²) in [5.74, 6) is 0.581. The highest BCUT2D eigenvalue weighted by atomic mass is 32.2. The van der Waals surface area contributed by atoms with Crippen LogP contribution < -0.4 is 11.2 Å². The first kappa shape index (κ1) is 10.5. The van der Waals surface area contributed by atoms with Crippen LogP contribution in [-0.2, 0) is 4.74 Å². The lowest BCUT2D eigenvalue weighted by Gasteiger charge is -2.12. The fourth-order valence-corrected chi connectivity index (χ4v) is 2.27. The smallest absolute Gasteiger partial charge is 0.330 e. The number of nitrogens with one attached hydrogen (secondary N) is 1. The summed E-state index contributed by atoms with van der Waals surface area (Å²) in [7, 11) is 0. The van der Waals surface area contributed by atoms with Crippen molar-refractivity contribution in [2.75, 3.05) is 12.4 Å². The normalized spacial score (nSPS) is 25.7. The summed E-state index contributed by atoms with van der Waals surface area (Å²) >= 11 is 1.43. The van der Waals surface area contributed by atoms with E-state index in [4.69, 9.17) is 9.84 Å². The van der Waals surface area contributed by atoms with Gasteiger partial charge in [-0.3, -0.25) is 14.3 Å². The zero-order chi connectivity index (χ0) is 10.8. The Kier molecular flexibility index (Phi) is 2.94. The predicted octanol–water partition coefficient (Wildman–Crippen LogP) is -0.883. The second kappa shape index (κ2) is 4.21. The second-order valence-electron chi connectivity index (χ2n) is 3.05. The Hall–Kier alpha value is -1.05. The lowest BCUT2D eigenvalue weighted by atomic mass is 10.5. The molecule has 2 heterocycles. The molecule has 0 bridgehead atoms. The molecule has 0 saturated carbocycles. The van der Waals surface area contributed by atoms with Crippen LogP contribution in [0.3, 0.4) is 0 Å². The topological polar surface area (TPSA) is 84.3 Å². The van der Waals surface area contributed by atoms with Crippen molar-refractivity contribution in [3.8, 4) is 0 Å². The number of nitrogens with zero attached hydrogens (tertiary/aromatic N) is 1. The van der Waals surface area contributed by atoms with Crippen LogP contribution in [-0.4, -0.2) is 32.5 Å². The molecule has 2 N–H and O–H groups in total. The third kappa shape index (κ3) is 2.14. The van der Waals surface area contributed by atoms with Crippen LogP contribution in [0.5, 0.6) is 0 Å². The van der Waals surface area contributed by atoms with Gasteiger partial charge in [-0.05, 0) is 0 Å². The average molecular weight is 230 g/mol. The van der Waals surface area contributed by atoms with Crippen molar-refractivity contribution in [3.05, 3.63) is 33.1 Å². The summed E-state index contributed by atoms with van der Waals surface area (Å²) < 4.78 is 6.68. The Labute approximate surface area is 88.9 Å². The number of hydrogen-bond donors (Lipinski definition) is 2. The molecule has 1 aromatic rings. The molecule has 7 heteroatoms. The van der Waals surface area contributed by atoms with Gasteiger partial charge in [0.1, 0.15) is 11.7 Å². The first-order valence-corrected chi connectivity index (χ1v) is 5.45. The molecule has 0 aromatic carbocycles. The molecule has 1 aromatic heterocycles. The highest BCUT2D eigenvalue weighted by molar-refractivity contribution is 8.00. The van der Waals surface area contributed by atoms with E-state index in [1.54, 1.807) is 0 Å². The van der Waals surface area contributed by atoms with Gasteiger partial charge in [0.05, 0.1) is 6.61 Å². The number of aliphatic hydroxyl groups is 1. The molecule has 0 amide bonds. The molecule has 1 aliphatic rings. The number of aromatic nitrogens is 2. The minimum absolute atomic E-state index is 0.0841. The van der Waals surface area contributed by atoms with Gasteiger partial charge in [0.25, 0.3) is 5.56 Å². The van der Waals surface area contributed by atoms with E-state index in [9.17, 15) is 9.59 Å². The molecule has 0 unspecified atom stereocenters. The number of ether oxygens (including phenoxy) is 1. The van der Waals surface area contributed by atoms with E-state index >= 15 is 0 Å². The highest BCUT2D eigenvalue weighted by Crippen LogP contribution is 2.29. The first-order valence-electron chi connectivity index (χ1n) is 4.40. The second-order valence-corrected chi connectivity index (χ2v) is 4.25. The van der Waals surface area contributed by atoms with Crippen molar-refractivity contribution in [3.63, 3.8) is 0 Å². The number of hydrogen-bond acceptors (Lipinski definition) is 5. The molecule has 1 fully saturated rings. The van der Waals surface area contributed by atoms with Gasteiger partial charge < -0.3 is 9.84 Å². The molecule has 82 valence electrons. The lowest BCUT2D eigenvalue weighted by molar-refractivity contribution is -0.00640. The maximum absolute atomic E-state index is 11.4. The fraction of sp³-hybridized carbons (Fsp3) is 0.500. The molecule has 15 heavy (non-hydrogen) atoms. The Morgan fingerprint density at radius 2 is 2.47 bits per heavy atom. The zero-order valence-electron chi connectivity index (χ0n) is 7.75. The van der Waals surface area contributed by atoms with Gasteiger partial charge in [-0.2, -0.15) is 0 Å². The molecular weight excluding hydrogens is 220 g/mol. The van der Waals surface area contributed by atoms with Crippen molar-refractivity contribution in [2.45, 2.75) is 11.7 Å². The van der Waals surface area contributed by atoms with Gasteiger partial charge in [-0.1, -0.05) is 0 Å². The minimum atomic E-state index is -0.494. The van der Waals surface area contributed by atoms with Gasteiger partial charge in [0.15, 0.2) is 0 Å². The van der Waals surface area contributed by atoms with Crippen LogP contribution in [0.1, 0.15) is 6.23 Å². The maximum atomic E-state index is 11.4. The largest absolute Gasteiger partial charge is 0.393 e. The third-order valence-electron chi connectivity index (χ3n) is 2.04. The summed E-state index contributed by atoms with van der Waals surface area (Å²) in [6.07, 6.45) is 0.975. The van der Waals surface area contributed by atoms with Gasteiger partial charge in [0, 0.05) is 18.0 Å². The molecule has 2 rings (SSSR count). The van der Waals surface area contributed by atoms with E-state index in [1.165, 1.54) is 28.6 Å². The van der Waals surface area contributed by atoms with Crippen molar-refractivity contribution >= 4 is 11.8 Å². The van der Waals surface area contributed by atoms with Gasteiger partial charge in [0.2, 0.25) is 0 Å². The van der Waals surface area contributed by atoms with E-state index in [-0.39, 0.29) is 12.0 Å². The SMILES string of the molecule is O=c1ccn([C@H]2CS[C@H](CO)O2)c(=O)[nH]1. The van der Waals surface area contributed by atoms with Crippen LogP contribution in [0.25, 0.3) is 0 Å². The van der Waals surface area contributed by atoms with Crippen molar-refractivity contribution in [1.82, 2.24) is 9.55 Å². The molecule has 0 aliphatic carbocycles. The van der Waals surface area contributed by atoms with Crippen LogP contribution in [0.15, 0.2) is 21.9 Å². The summed E-state index contributed by atoms with van der Waals surface area (Å²) in [4.78, 5) is 24.3. The molecular formula is C8H10N2O4S.